The molecule has 0 spiro atoms. The van der Waals surface area contributed by atoms with Crippen LogP contribution in [0, 0.1) is 5.41 Å². The van der Waals surface area contributed by atoms with Gasteiger partial charge in [-0.2, -0.15) is 21.6 Å². The highest BCUT2D eigenvalue weighted by Crippen LogP contribution is 2.52. The van der Waals surface area contributed by atoms with Crippen molar-refractivity contribution in [2.45, 2.75) is 57.7 Å². The van der Waals surface area contributed by atoms with E-state index >= 15 is 0 Å². The second-order valence-electron chi connectivity index (χ2n) is 7.32. The Morgan fingerprint density at radius 2 is 1.83 bits per heavy atom. The first-order chi connectivity index (χ1) is 10.6. The van der Waals surface area contributed by atoms with Gasteiger partial charge in [0.05, 0.1) is 12.6 Å². The maximum Gasteiger partial charge on any atom is 0.534 e. The van der Waals surface area contributed by atoms with E-state index in [1.54, 1.807) is 20.8 Å². The van der Waals surface area contributed by atoms with E-state index in [0.29, 0.717) is 0 Å². The highest BCUT2D eigenvalue weighted by molar-refractivity contribution is 7.87. The summed E-state index contributed by atoms with van der Waals surface area (Å²) in [4.78, 5) is 13.5. The fourth-order valence-electron chi connectivity index (χ4n) is 2.40. The van der Waals surface area contributed by atoms with Gasteiger partial charge in [-0.1, -0.05) is 6.92 Å². The van der Waals surface area contributed by atoms with E-state index in [2.05, 4.69) is 4.18 Å². The van der Waals surface area contributed by atoms with Crippen LogP contribution in [0.5, 0.6) is 0 Å². The molecule has 0 N–H and O–H groups in total. The number of amides is 1. The molecule has 0 saturated heterocycles. The number of carbonyl (C=O) groups excluding carboxylic acids is 1. The molecule has 1 atom stereocenters. The molecule has 6 nitrogen and oxygen atoms in total. The molecule has 0 bridgehead atoms. The molecule has 1 aliphatic heterocycles. The van der Waals surface area contributed by atoms with Gasteiger partial charge in [0.2, 0.25) is 0 Å². The summed E-state index contributed by atoms with van der Waals surface area (Å²) >= 11 is 0. The highest BCUT2D eigenvalue weighted by atomic mass is 32.2. The third-order valence-corrected chi connectivity index (χ3v) is 4.89. The van der Waals surface area contributed by atoms with Crippen molar-refractivity contribution in [3.05, 3.63) is 11.8 Å². The second-order valence-corrected chi connectivity index (χ2v) is 8.86. The van der Waals surface area contributed by atoms with Crippen molar-refractivity contribution in [2.75, 3.05) is 6.54 Å². The molecule has 1 fully saturated rings. The Morgan fingerprint density at radius 3 is 2.25 bits per heavy atom. The maximum absolute atomic E-state index is 12.5. The lowest BCUT2D eigenvalue weighted by molar-refractivity contribution is -0.0523. The van der Waals surface area contributed by atoms with Gasteiger partial charge in [0.1, 0.15) is 11.4 Å². The van der Waals surface area contributed by atoms with Gasteiger partial charge >= 0.3 is 21.7 Å². The van der Waals surface area contributed by atoms with Crippen LogP contribution >= 0.6 is 0 Å². The third kappa shape index (κ3) is 3.96. The molecule has 1 amide bonds. The molecule has 0 aromatic rings. The molecule has 0 radical (unpaired) electrons. The molecule has 1 heterocycles. The lowest BCUT2D eigenvalue weighted by atomic mass is 9.99. The zero-order chi connectivity index (χ0) is 18.6. The Balaban J connectivity index is 2.20. The van der Waals surface area contributed by atoms with Gasteiger partial charge < -0.3 is 8.92 Å². The average Bonchev–Trinajstić information content (AvgIpc) is 2.94. The molecule has 0 aromatic carbocycles. The van der Waals surface area contributed by atoms with E-state index < -0.39 is 39.1 Å². The van der Waals surface area contributed by atoms with E-state index in [1.165, 1.54) is 11.0 Å². The van der Waals surface area contributed by atoms with E-state index in [-0.39, 0.29) is 12.0 Å². The lowest BCUT2D eigenvalue weighted by Gasteiger charge is -2.31. The number of hydrogen-bond acceptors (Lipinski definition) is 5. The Kier molecular flexibility index (Phi) is 4.35. The number of ether oxygens (including phenoxy) is 1. The number of rotatable bonds is 3. The van der Waals surface area contributed by atoms with Crippen molar-refractivity contribution in [1.29, 1.82) is 0 Å². The smallest absolute Gasteiger partial charge is 0.444 e. The standard InChI is InChI=1S/C14H20F3NO5S/c1-12(2,3)22-11(19)18-8-9(7-10(18)13(4)5-6-13)23-24(20,21)14(15,16)17/h7,10H,5-6,8H2,1-4H3. The summed E-state index contributed by atoms with van der Waals surface area (Å²) in [6, 6.07) is -0.564. The number of alkyl halides is 3. The molecule has 1 saturated carbocycles. The Labute approximate surface area is 138 Å². The van der Waals surface area contributed by atoms with Crippen molar-refractivity contribution < 1.29 is 35.3 Å². The Morgan fingerprint density at radius 1 is 1.29 bits per heavy atom. The fourth-order valence-corrected chi connectivity index (χ4v) is 2.88. The summed E-state index contributed by atoms with van der Waals surface area (Å²) < 4.78 is 69.1. The average molecular weight is 371 g/mol. The van der Waals surface area contributed by atoms with Crippen LogP contribution in [0.25, 0.3) is 0 Å². The molecule has 138 valence electrons. The van der Waals surface area contributed by atoms with Crippen molar-refractivity contribution >= 4 is 16.2 Å². The van der Waals surface area contributed by atoms with Crippen LogP contribution in [-0.4, -0.2) is 43.1 Å². The quantitative estimate of drug-likeness (QED) is 0.563. The van der Waals surface area contributed by atoms with Crippen molar-refractivity contribution in [3.63, 3.8) is 0 Å². The summed E-state index contributed by atoms with van der Waals surface area (Å²) in [5.74, 6) is -0.420. The normalized spacial score (nSPS) is 23.7. The molecule has 2 rings (SSSR count). The van der Waals surface area contributed by atoms with Gasteiger partial charge in [0.15, 0.2) is 0 Å². The largest absolute Gasteiger partial charge is 0.534 e. The fraction of sp³-hybridized carbons (Fsp3) is 0.786. The number of nitrogens with zero attached hydrogens (tertiary/aromatic N) is 1. The molecule has 1 aliphatic carbocycles. The zero-order valence-corrected chi connectivity index (χ0v) is 14.6. The van der Waals surface area contributed by atoms with E-state index in [0.717, 1.165) is 12.8 Å². The van der Waals surface area contributed by atoms with Gasteiger partial charge in [0.25, 0.3) is 0 Å². The maximum atomic E-state index is 12.5. The summed E-state index contributed by atoms with van der Waals surface area (Å²) in [5.41, 5.74) is -6.62. The summed E-state index contributed by atoms with van der Waals surface area (Å²) in [7, 11) is -5.76. The predicted molar refractivity (Wildman–Crippen MR) is 78.2 cm³/mol. The van der Waals surface area contributed by atoms with Crippen LogP contribution in [0.2, 0.25) is 0 Å². The highest BCUT2D eigenvalue weighted by Gasteiger charge is 2.53. The van der Waals surface area contributed by atoms with Crippen molar-refractivity contribution in [2.24, 2.45) is 5.41 Å². The van der Waals surface area contributed by atoms with Gasteiger partial charge in [0, 0.05) is 0 Å². The monoisotopic (exact) mass is 371 g/mol. The van der Waals surface area contributed by atoms with Gasteiger partial charge in [-0.25, -0.2) is 4.79 Å². The summed E-state index contributed by atoms with van der Waals surface area (Å²) in [6.45, 7) is 6.46. The summed E-state index contributed by atoms with van der Waals surface area (Å²) in [6.07, 6.45) is 2.08. The zero-order valence-electron chi connectivity index (χ0n) is 13.8. The number of hydrogen-bond donors (Lipinski definition) is 0. The lowest BCUT2D eigenvalue weighted by Crippen LogP contribution is -2.43. The Bertz CT molecular complexity index is 659. The van der Waals surface area contributed by atoms with Gasteiger partial charge in [-0.05, 0) is 45.1 Å². The molecule has 0 aromatic heterocycles. The molecule has 10 heteroatoms. The minimum Gasteiger partial charge on any atom is -0.444 e. The summed E-state index contributed by atoms with van der Waals surface area (Å²) in [5, 5.41) is 0. The first-order valence-corrected chi connectivity index (χ1v) is 8.77. The first kappa shape index (κ1) is 18.9. The predicted octanol–water partition coefficient (Wildman–Crippen LogP) is 3.16. The van der Waals surface area contributed by atoms with Crippen molar-refractivity contribution in [1.82, 2.24) is 4.90 Å². The van der Waals surface area contributed by atoms with Crippen LogP contribution in [0.3, 0.4) is 0 Å². The minimum absolute atomic E-state index is 0.315. The minimum atomic E-state index is -5.76. The molecule has 2 aliphatic rings. The van der Waals surface area contributed by atoms with E-state index in [1.807, 2.05) is 6.92 Å². The van der Waals surface area contributed by atoms with E-state index in [4.69, 9.17) is 4.74 Å². The third-order valence-electron chi connectivity index (χ3n) is 3.89. The van der Waals surface area contributed by atoms with Crippen LogP contribution in [0.15, 0.2) is 11.8 Å². The SMILES string of the molecule is CC(C)(C)OC(=O)N1CC(OS(=O)(=O)C(F)(F)F)=CC1C1(C)CC1. The Hall–Kier alpha value is -1.45. The number of halogens is 3. The van der Waals surface area contributed by atoms with Crippen LogP contribution in [0.4, 0.5) is 18.0 Å². The molecular weight excluding hydrogens is 351 g/mol. The van der Waals surface area contributed by atoms with Crippen LogP contribution < -0.4 is 0 Å². The second kappa shape index (κ2) is 5.53. The van der Waals surface area contributed by atoms with Gasteiger partial charge in [-0.3, -0.25) is 4.90 Å². The molecular formula is C14H20F3NO5S. The van der Waals surface area contributed by atoms with Crippen LogP contribution in [-0.2, 0) is 19.0 Å². The molecule has 24 heavy (non-hydrogen) atoms. The number of carbonyl (C=O) groups is 1. The van der Waals surface area contributed by atoms with Crippen LogP contribution in [0.1, 0.15) is 40.5 Å². The molecule has 1 unspecified atom stereocenters. The van der Waals surface area contributed by atoms with Gasteiger partial charge in [-0.15, -0.1) is 0 Å². The first-order valence-electron chi connectivity index (χ1n) is 7.36. The van der Waals surface area contributed by atoms with Crippen molar-refractivity contribution in [3.8, 4) is 0 Å². The van der Waals surface area contributed by atoms with E-state index in [9.17, 15) is 26.4 Å². The topological polar surface area (TPSA) is 72.9 Å².